The van der Waals surface area contributed by atoms with Gasteiger partial charge >= 0.3 is 5.97 Å². The fraction of sp³-hybridized carbons (Fsp3) is 0.0833. The second-order valence-corrected chi connectivity index (χ2v) is 3.81. The molecule has 0 amide bonds. The Balaban J connectivity index is 2.53. The zero-order chi connectivity index (χ0) is 13.1. The van der Waals surface area contributed by atoms with E-state index in [0.717, 1.165) is 5.56 Å². The quantitative estimate of drug-likeness (QED) is 0.840. The van der Waals surface area contributed by atoms with Crippen molar-refractivity contribution in [2.45, 2.75) is 0 Å². The number of aromatic nitrogens is 2. The lowest BCUT2D eigenvalue weighted by Crippen LogP contribution is -2.11. The Hall–Kier alpha value is -2.14. The molecule has 0 atom stereocenters. The monoisotopic (exact) mass is 263 g/mol. The largest absolute Gasteiger partial charge is 0.464 e. The van der Waals surface area contributed by atoms with Gasteiger partial charge in [-0.25, -0.2) is 14.8 Å². The van der Waals surface area contributed by atoms with Crippen molar-refractivity contribution in [2.24, 2.45) is 0 Å². The number of hydrogen-bond acceptors (Lipinski definition) is 5. The fourth-order valence-electron chi connectivity index (χ4n) is 1.45. The maximum Gasteiger partial charge on any atom is 0.360 e. The summed E-state index contributed by atoms with van der Waals surface area (Å²) < 4.78 is 4.54. The molecule has 0 unspecified atom stereocenters. The van der Waals surface area contributed by atoms with Gasteiger partial charge in [-0.15, -0.1) is 0 Å². The lowest BCUT2D eigenvalue weighted by Gasteiger charge is -2.07. The van der Waals surface area contributed by atoms with E-state index in [4.69, 9.17) is 17.3 Å². The van der Waals surface area contributed by atoms with Gasteiger partial charge in [-0.1, -0.05) is 41.9 Å². The zero-order valence-corrected chi connectivity index (χ0v) is 10.3. The minimum Gasteiger partial charge on any atom is -0.464 e. The molecule has 0 fully saturated rings. The number of anilines is 1. The van der Waals surface area contributed by atoms with Crippen molar-refractivity contribution in [2.75, 3.05) is 12.8 Å². The molecule has 2 aromatic rings. The van der Waals surface area contributed by atoms with Crippen LogP contribution in [0.5, 0.6) is 0 Å². The van der Waals surface area contributed by atoms with Gasteiger partial charge in [-0.3, -0.25) is 0 Å². The number of methoxy groups -OCH3 is 1. The first-order valence-electron chi connectivity index (χ1n) is 5.10. The van der Waals surface area contributed by atoms with Crippen molar-refractivity contribution < 1.29 is 9.53 Å². The summed E-state index contributed by atoms with van der Waals surface area (Å²) in [6, 6.07) is 9.22. The Morgan fingerprint density at radius 1 is 1.28 bits per heavy atom. The van der Waals surface area contributed by atoms with Crippen LogP contribution in [0.2, 0.25) is 5.15 Å². The van der Waals surface area contributed by atoms with Crippen LogP contribution in [0.1, 0.15) is 10.5 Å². The number of halogens is 1. The van der Waals surface area contributed by atoms with Gasteiger partial charge in [0.1, 0.15) is 5.69 Å². The molecule has 5 nitrogen and oxygen atoms in total. The Morgan fingerprint density at radius 2 is 1.94 bits per heavy atom. The minimum absolute atomic E-state index is 0.00916. The normalized spacial score (nSPS) is 10.1. The highest BCUT2D eigenvalue weighted by Crippen LogP contribution is 2.26. The van der Waals surface area contributed by atoms with Gasteiger partial charge in [-0.05, 0) is 0 Å². The SMILES string of the molecule is COC(=O)c1nc(Cl)c(-c2ccccc2)nc1N. The number of nitrogens with zero attached hydrogens (tertiary/aromatic N) is 2. The van der Waals surface area contributed by atoms with E-state index in [1.165, 1.54) is 7.11 Å². The number of nitrogen functional groups attached to an aromatic ring is 1. The van der Waals surface area contributed by atoms with Gasteiger partial charge in [-0.2, -0.15) is 0 Å². The topological polar surface area (TPSA) is 78.1 Å². The molecule has 1 heterocycles. The molecule has 0 bridgehead atoms. The number of carbonyl (C=O) groups excluding carboxylic acids is 1. The summed E-state index contributed by atoms with van der Waals surface area (Å²) in [6.45, 7) is 0. The van der Waals surface area contributed by atoms with Gasteiger partial charge in [0, 0.05) is 5.56 Å². The number of rotatable bonds is 2. The van der Waals surface area contributed by atoms with Crippen LogP contribution in [-0.2, 0) is 4.74 Å². The summed E-state index contributed by atoms with van der Waals surface area (Å²) in [4.78, 5) is 19.4. The molecule has 6 heteroatoms. The van der Waals surface area contributed by atoms with Crippen LogP contribution >= 0.6 is 11.6 Å². The molecule has 2 N–H and O–H groups in total. The van der Waals surface area contributed by atoms with Crippen LogP contribution in [0.3, 0.4) is 0 Å². The van der Waals surface area contributed by atoms with Crippen molar-refractivity contribution in [1.29, 1.82) is 0 Å². The van der Waals surface area contributed by atoms with Crippen LogP contribution in [0.4, 0.5) is 5.82 Å². The first-order chi connectivity index (χ1) is 8.63. The minimum atomic E-state index is -0.665. The molecular weight excluding hydrogens is 254 g/mol. The van der Waals surface area contributed by atoms with E-state index < -0.39 is 5.97 Å². The smallest absolute Gasteiger partial charge is 0.360 e. The number of carbonyl (C=O) groups is 1. The number of nitrogens with two attached hydrogens (primary N) is 1. The lowest BCUT2D eigenvalue weighted by molar-refractivity contribution is 0.0595. The van der Waals surface area contributed by atoms with Crippen molar-refractivity contribution in [3.05, 3.63) is 41.2 Å². The molecule has 1 aromatic heterocycles. The van der Waals surface area contributed by atoms with Crippen molar-refractivity contribution in [3.63, 3.8) is 0 Å². The second kappa shape index (κ2) is 5.01. The summed E-state index contributed by atoms with van der Waals surface area (Å²) in [7, 11) is 1.24. The molecule has 1 aromatic carbocycles. The predicted octanol–water partition coefficient (Wildman–Crippen LogP) is 2.17. The van der Waals surface area contributed by atoms with E-state index >= 15 is 0 Å². The third kappa shape index (κ3) is 2.26. The highest BCUT2D eigenvalue weighted by molar-refractivity contribution is 6.32. The molecule has 0 saturated heterocycles. The van der Waals surface area contributed by atoms with E-state index in [0.29, 0.717) is 5.69 Å². The predicted molar refractivity (Wildman–Crippen MR) is 68.2 cm³/mol. The molecule has 92 valence electrons. The summed E-state index contributed by atoms with van der Waals surface area (Å²) in [5.41, 5.74) is 6.80. The summed E-state index contributed by atoms with van der Waals surface area (Å²) >= 11 is 6.00. The summed E-state index contributed by atoms with van der Waals surface area (Å²) in [6.07, 6.45) is 0. The van der Waals surface area contributed by atoms with Crippen LogP contribution in [0, 0.1) is 0 Å². The molecule has 0 saturated carbocycles. The summed E-state index contributed by atoms with van der Waals surface area (Å²) in [5, 5.41) is 0.107. The van der Waals surface area contributed by atoms with E-state index in [9.17, 15) is 4.79 Å². The van der Waals surface area contributed by atoms with Crippen molar-refractivity contribution in [1.82, 2.24) is 9.97 Å². The lowest BCUT2D eigenvalue weighted by atomic mass is 10.1. The molecule has 0 aliphatic rings. The number of esters is 1. The van der Waals surface area contributed by atoms with Gasteiger partial charge in [0.15, 0.2) is 16.7 Å². The van der Waals surface area contributed by atoms with Gasteiger partial charge in [0.2, 0.25) is 0 Å². The average molecular weight is 264 g/mol. The molecule has 18 heavy (non-hydrogen) atoms. The highest BCUT2D eigenvalue weighted by Gasteiger charge is 2.17. The first kappa shape index (κ1) is 12.3. The molecule has 0 aliphatic carbocycles. The third-order valence-corrected chi connectivity index (χ3v) is 2.57. The Labute approximate surface area is 109 Å². The maximum atomic E-state index is 11.4. The van der Waals surface area contributed by atoms with E-state index in [2.05, 4.69) is 14.7 Å². The molecule has 0 radical (unpaired) electrons. The van der Waals surface area contributed by atoms with Gasteiger partial charge in [0.25, 0.3) is 0 Å². The highest BCUT2D eigenvalue weighted by atomic mass is 35.5. The van der Waals surface area contributed by atoms with Gasteiger partial charge in [0.05, 0.1) is 7.11 Å². The Kier molecular flexibility index (Phi) is 3.43. The van der Waals surface area contributed by atoms with Crippen LogP contribution in [-0.4, -0.2) is 23.0 Å². The summed E-state index contributed by atoms with van der Waals surface area (Å²) in [5.74, 6) is -0.674. The number of ether oxygens (including phenoxy) is 1. The van der Waals surface area contributed by atoms with Crippen molar-refractivity contribution in [3.8, 4) is 11.3 Å². The Morgan fingerprint density at radius 3 is 2.56 bits per heavy atom. The fourth-order valence-corrected chi connectivity index (χ4v) is 1.69. The van der Waals surface area contributed by atoms with Crippen LogP contribution < -0.4 is 5.73 Å². The van der Waals surface area contributed by atoms with Crippen molar-refractivity contribution >= 4 is 23.4 Å². The van der Waals surface area contributed by atoms with E-state index in [-0.39, 0.29) is 16.7 Å². The molecular formula is C12H10ClN3O2. The van der Waals surface area contributed by atoms with Crippen LogP contribution in [0.25, 0.3) is 11.3 Å². The average Bonchev–Trinajstić information content (AvgIpc) is 2.41. The number of benzene rings is 1. The third-order valence-electron chi connectivity index (χ3n) is 2.31. The Bertz CT molecular complexity index is 587. The van der Waals surface area contributed by atoms with E-state index in [1.54, 1.807) is 0 Å². The number of hydrogen-bond donors (Lipinski definition) is 1. The van der Waals surface area contributed by atoms with E-state index in [1.807, 2.05) is 30.3 Å². The zero-order valence-electron chi connectivity index (χ0n) is 9.55. The molecule has 0 aliphatic heterocycles. The molecule has 2 rings (SSSR count). The van der Waals surface area contributed by atoms with Crippen LogP contribution in [0.15, 0.2) is 30.3 Å². The van der Waals surface area contributed by atoms with Gasteiger partial charge < -0.3 is 10.5 Å². The standard InChI is InChI=1S/C12H10ClN3O2/c1-18-12(17)9-11(14)16-8(10(13)15-9)7-5-3-2-4-6-7/h2-6H,1H3,(H2,14,16). The second-order valence-electron chi connectivity index (χ2n) is 3.45. The maximum absolute atomic E-state index is 11.4. The molecule has 0 spiro atoms. The first-order valence-corrected chi connectivity index (χ1v) is 5.48.